The molecule has 0 aliphatic carbocycles. The van der Waals surface area contributed by atoms with Crippen molar-refractivity contribution >= 4 is 21.6 Å². The molecule has 1 aliphatic rings. The number of aromatic nitrogens is 2. The molecule has 0 atom stereocenters. The minimum absolute atomic E-state index is 1.09. The van der Waals surface area contributed by atoms with Crippen LogP contribution in [-0.4, -0.2) is 8.97 Å². The van der Waals surface area contributed by atoms with Gasteiger partial charge in [-0.25, -0.2) is 0 Å². The largest absolute Gasteiger partial charge is 0.325 e. The van der Waals surface area contributed by atoms with E-state index >= 15 is 0 Å². The molecule has 124 valence electrons. The highest BCUT2D eigenvalue weighted by Gasteiger charge is 2.21. The molecule has 2 aromatic heterocycles. The molecule has 0 bridgehead atoms. The molecule has 3 heterocycles. The van der Waals surface area contributed by atoms with Crippen LogP contribution in [0.4, 0.5) is 0 Å². The van der Waals surface area contributed by atoms with Gasteiger partial charge in [0.2, 0.25) is 0 Å². The van der Waals surface area contributed by atoms with Crippen molar-refractivity contribution in [1.82, 2.24) is 8.97 Å². The van der Waals surface area contributed by atoms with Gasteiger partial charge in [-0.2, -0.15) is 0 Å². The van der Waals surface area contributed by atoms with Crippen LogP contribution in [0.1, 0.15) is 18.4 Å². The van der Waals surface area contributed by atoms with Gasteiger partial charge in [0, 0.05) is 34.5 Å². The minimum atomic E-state index is 1.09. The van der Waals surface area contributed by atoms with Crippen molar-refractivity contribution in [2.45, 2.75) is 25.8 Å². The smallest absolute Gasteiger partial charge is 0.121 e. The summed E-state index contributed by atoms with van der Waals surface area (Å²) >= 11 is 3.54. The number of nitrogens with zero attached hydrogens (tertiary/aromatic N) is 2. The lowest BCUT2D eigenvalue weighted by Crippen LogP contribution is -1.98. The van der Waals surface area contributed by atoms with Crippen molar-refractivity contribution in [3.63, 3.8) is 0 Å². The second kappa shape index (κ2) is 5.92. The lowest BCUT2D eigenvalue weighted by molar-refractivity contribution is 0.647. The molecular weight excluding hydrogens is 372 g/mol. The normalized spacial score (nSPS) is 14.0. The van der Waals surface area contributed by atoms with Crippen molar-refractivity contribution in [2.24, 2.45) is 0 Å². The number of halogens is 1. The zero-order valence-corrected chi connectivity index (χ0v) is 15.5. The van der Waals surface area contributed by atoms with Crippen molar-refractivity contribution in [3.05, 3.63) is 77.0 Å². The summed E-state index contributed by atoms with van der Waals surface area (Å²) in [6.45, 7) is 1.09. The van der Waals surface area contributed by atoms with E-state index in [2.05, 4.69) is 91.9 Å². The summed E-state index contributed by atoms with van der Waals surface area (Å²) in [4.78, 5) is 0. The van der Waals surface area contributed by atoms with Crippen LogP contribution in [0.25, 0.3) is 28.0 Å². The fraction of sp³-hybridized carbons (Fsp3) is 0.182. The maximum atomic E-state index is 3.54. The van der Waals surface area contributed by atoms with E-state index < -0.39 is 0 Å². The van der Waals surface area contributed by atoms with E-state index in [4.69, 9.17) is 0 Å². The molecule has 2 aromatic carbocycles. The third-order valence-electron chi connectivity index (χ3n) is 5.20. The SMILES string of the molecule is Brc1ccc(-c2cn3cc(-c4ccccc4)c4c3n2CCCC4)cc1. The van der Waals surface area contributed by atoms with E-state index in [1.54, 1.807) is 0 Å². The number of rotatable bonds is 2. The summed E-state index contributed by atoms with van der Waals surface area (Å²) in [7, 11) is 0. The summed E-state index contributed by atoms with van der Waals surface area (Å²) < 4.78 is 5.97. The number of benzene rings is 2. The van der Waals surface area contributed by atoms with E-state index in [-0.39, 0.29) is 0 Å². The minimum Gasteiger partial charge on any atom is -0.325 e. The van der Waals surface area contributed by atoms with Crippen molar-refractivity contribution in [2.75, 3.05) is 0 Å². The Morgan fingerprint density at radius 2 is 1.60 bits per heavy atom. The highest BCUT2D eigenvalue weighted by molar-refractivity contribution is 9.10. The summed E-state index contributed by atoms with van der Waals surface area (Å²) in [6, 6.07) is 19.4. The van der Waals surface area contributed by atoms with Gasteiger partial charge >= 0.3 is 0 Å². The van der Waals surface area contributed by atoms with Crippen molar-refractivity contribution < 1.29 is 0 Å². The topological polar surface area (TPSA) is 9.34 Å². The molecule has 0 saturated heterocycles. The molecule has 1 aliphatic heterocycles. The maximum absolute atomic E-state index is 3.54. The molecule has 0 amide bonds. The summed E-state index contributed by atoms with van der Waals surface area (Å²) in [5.41, 5.74) is 8.15. The number of hydrogen-bond donors (Lipinski definition) is 0. The zero-order chi connectivity index (χ0) is 16.8. The second-order valence-corrected chi connectivity index (χ2v) is 7.66. The molecule has 5 rings (SSSR count). The van der Waals surface area contributed by atoms with Gasteiger partial charge in [-0.1, -0.05) is 58.4 Å². The monoisotopic (exact) mass is 390 g/mol. The van der Waals surface area contributed by atoms with E-state index in [0.717, 1.165) is 17.4 Å². The fourth-order valence-electron chi connectivity index (χ4n) is 4.03. The predicted octanol–water partition coefficient (Wildman–Crippen LogP) is 6.17. The zero-order valence-electron chi connectivity index (χ0n) is 14.0. The molecule has 0 fully saturated rings. The van der Waals surface area contributed by atoms with Gasteiger partial charge in [-0.3, -0.25) is 0 Å². The van der Waals surface area contributed by atoms with Crippen LogP contribution >= 0.6 is 15.9 Å². The Kier molecular flexibility index (Phi) is 3.56. The van der Waals surface area contributed by atoms with Crippen LogP contribution in [0.2, 0.25) is 0 Å². The molecule has 0 N–H and O–H groups in total. The molecular formula is C22H19BrN2. The van der Waals surface area contributed by atoms with Crippen LogP contribution in [-0.2, 0) is 13.0 Å². The van der Waals surface area contributed by atoms with Gasteiger partial charge in [0.15, 0.2) is 0 Å². The molecule has 0 spiro atoms. The van der Waals surface area contributed by atoms with Gasteiger partial charge in [-0.05, 0) is 42.5 Å². The lowest BCUT2D eigenvalue weighted by Gasteiger charge is -2.08. The number of hydrogen-bond acceptors (Lipinski definition) is 0. The average molecular weight is 391 g/mol. The Labute approximate surface area is 155 Å². The fourth-order valence-corrected chi connectivity index (χ4v) is 4.30. The van der Waals surface area contributed by atoms with Crippen LogP contribution in [0, 0.1) is 0 Å². The molecule has 3 heteroatoms. The first-order chi connectivity index (χ1) is 12.3. The van der Waals surface area contributed by atoms with Crippen LogP contribution in [0.3, 0.4) is 0 Å². The van der Waals surface area contributed by atoms with E-state index in [9.17, 15) is 0 Å². The molecule has 4 aromatic rings. The number of imidazole rings is 1. The quantitative estimate of drug-likeness (QED) is 0.386. The summed E-state index contributed by atoms with van der Waals surface area (Å²) in [5, 5.41) is 0. The van der Waals surface area contributed by atoms with E-state index in [1.165, 1.54) is 46.4 Å². The Hall–Kier alpha value is -2.26. The first-order valence-corrected chi connectivity index (χ1v) is 9.65. The Morgan fingerprint density at radius 1 is 0.800 bits per heavy atom. The average Bonchev–Trinajstić information content (AvgIpc) is 3.08. The molecule has 0 unspecified atom stereocenters. The van der Waals surface area contributed by atoms with Gasteiger partial charge in [-0.15, -0.1) is 0 Å². The van der Waals surface area contributed by atoms with E-state index in [1.807, 2.05) is 0 Å². The van der Waals surface area contributed by atoms with Crippen molar-refractivity contribution in [1.29, 1.82) is 0 Å². The first-order valence-electron chi connectivity index (χ1n) is 8.86. The summed E-state index contributed by atoms with van der Waals surface area (Å²) in [5.74, 6) is 0. The van der Waals surface area contributed by atoms with Gasteiger partial charge in [0.25, 0.3) is 0 Å². The van der Waals surface area contributed by atoms with Crippen LogP contribution in [0.5, 0.6) is 0 Å². The highest BCUT2D eigenvalue weighted by atomic mass is 79.9. The highest BCUT2D eigenvalue weighted by Crippen LogP contribution is 2.36. The Balaban J connectivity index is 1.74. The summed E-state index contributed by atoms with van der Waals surface area (Å²) in [6.07, 6.45) is 8.24. The lowest BCUT2D eigenvalue weighted by atomic mass is 10.0. The van der Waals surface area contributed by atoms with Crippen LogP contribution < -0.4 is 0 Å². The van der Waals surface area contributed by atoms with Gasteiger partial charge in [0.1, 0.15) is 5.65 Å². The van der Waals surface area contributed by atoms with Gasteiger partial charge < -0.3 is 8.97 Å². The Morgan fingerprint density at radius 3 is 2.40 bits per heavy atom. The maximum Gasteiger partial charge on any atom is 0.121 e. The third-order valence-corrected chi connectivity index (χ3v) is 5.73. The number of aryl methyl sites for hydroxylation is 2. The Bertz CT molecular complexity index is 1040. The second-order valence-electron chi connectivity index (χ2n) is 6.75. The van der Waals surface area contributed by atoms with Crippen LogP contribution in [0.15, 0.2) is 71.5 Å². The first kappa shape index (κ1) is 15.0. The van der Waals surface area contributed by atoms with Crippen molar-refractivity contribution in [3.8, 4) is 22.4 Å². The van der Waals surface area contributed by atoms with E-state index in [0.29, 0.717) is 0 Å². The molecule has 0 saturated carbocycles. The molecule has 2 nitrogen and oxygen atoms in total. The molecule has 25 heavy (non-hydrogen) atoms. The molecule has 0 radical (unpaired) electrons. The standard InChI is InChI=1S/C22H19BrN2/c23-18-11-9-17(10-12-18)21-15-24-14-20(16-6-2-1-3-7-16)19-8-4-5-13-25(21)22(19)24/h1-3,6-7,9-12,14-15H,4-5,8,13H2. The van der Waals surface area contributed by atoms with Gasteiger partial charge in [0.05, 0.1) is 5.69 Å². The predicted molar refractivity (Wildman–Crippen MR) is 107 cm³/mol. The third kappa shape index (κ3) is 2.46.